The molecule has 0 aliphatic carbocycles. The first kappa shape index (κ1) is 21.0. The van der Waals surface area contributed by atoms with Crippen molar-refractivity contribution >= 4 is 44.8 Å². The van der Waals surface area contributed by atoms with Gasteiger partial charge in [-0.15, -0.1) is 0 Å². The number of rotatable bonds is 5. The van der Waals surface area contributed by atoms with Crippen molar-refractivity contribution in [1.82, 2.24) is 4.31 Å². The van der Waals surface area contributed by atoms with Crippen molar-refractivity contribution in [3.8, 4) is 0 Å². The molecular weight excluding hydrogens is 426 g/mol. The van der Waals surface area contributed by atoms with Crippen molar-refractivity contribution in [3.05, 3.63) is 63.9 Å². The average molecular weight is 445 g/mol. The minimum Gasteiger partial charge on any atom is -0.326 e. The molecule has 1 aliphatic heterocycles. The minimum absolute atomic E-state index is 0.228. The van der Waals surface area contributed by atoms with Crippen LogP contribution >= 0.6 is 23.2 Å². The number of hydrogen-bond donors (Lipinski definition) is 1. The molecule has 1 N–H and O–H groups in total. The highest BCUT2D eigenvalue weighted by molar-refractivity contribution is 7.88. The van der Waals surface area contributed by atoms with Gasteiger partial charge in [-0.25, -0.2) is 17.1 Å². The molecule has 0 atom stereocenters. The lowest BCUT2D eigenvalue weighted by Crippen LogP contribution is -2.42. The lowest BCUT2D eigenvalue weighted by Gasteiger charge is -2.30. The maximum Gasteiger partial charge on any atom is 0.227 e. The predicted molar refractivity (Wildman–Crippen MR) is 108 cm³/mol. The Hall–Kier alpha value is -1.67. The van der Waals surface area contributed by atoms with Gasteiger partial charge in [0.2, 0.25) is 15.9 Å². The molecule has 1 saturated heterocycles. The van der Waals surface area contributed by atoms with Gasteiger partial charge in [-0.3, -0.25) is 4.79 Å². The third kappa shape index (κ3) is 5.03. The van der Waals surface area contributed by atoms with E-state index in [1.54, 1.807) is 24.3 Å². The highest BCUT2D eigenvalue weighted by Gasteiger charge is 2.32. The molecular formula is C19H19Cl2FN2O3S. The topological polar surface area (TPSA) is 66.5 Å². The van der Waals surface area contributed by atoms with Crippen LogP contribution in [-0.2, 0) is 20.6 Å². The van der Waals surface area contributed by atoms with Gasteiger partial charge in [0.15, 0.2) is 0 Å². The third-order valence-corrected chi connectivity index (χ3v) is 7.21. The Kier molecular flexibility index (Phi) is 6.60. The lowest BCUT2D eigenvalue weighted by atomic mass is 9.97. The van der Waals surface area contributed by atoms with Crippen LogP contribution in [0.4, 0.5) is 10.1 Å². The van der Waals surface area contributed by atoms with Crippen LogP contribution in [0.15, 0.2) is 42.5 Å². The number of carbonyl (C=O) groups is 1. The summed E-state index contributed by atoms with van der Waals surface area (Å²) >= 11 is 12.2. The van der Waals surface area contributed by atoms with Gasteiger partial charge < -0.3 is 5.32 Å². The van der Waals surface area contributed by atoms with E-state index in [2.05, 4.69) is 5.32 Å². The molecule has 1 fully saturated rings. The number of sulfonamides is 1. The molecule has 0 radical (unpaired) electrons. The second-order valence-electron chi connectivity index (χ2n) is 6.63. The number of halogens is 3. The van der Waals surface area contributed by atoms with E-state index >= 15 is 0 Å². The molecule has 0 aromatic heterocycles. The maximum absolute atomic E-state index is 13.2. The zero-order valence-corrected chi connectivity index (χ0v) is 17.2. The summed E-state index contributed by atoms with van der Waals surface area (Å²) in [6.45, 7) is 0.456. The minimum atomic E-state index is -3.61. The van der Waals surface area contributed by atoms with E-state index in [-0.39, 0.29) is 30.7 Å². The molecule has 1 heterocycles. The van der Waals surface area contributed by atoms with Crippen molar-refractivity contribution in [1.29, 1.82) is 0 Å². The molecule has 3 rings (SSSR count). The van der Waals surface area contributed by atoms with Crippen molar-refractivity contribution in [3.63, 3.8) is 0 Å². The maximum atomic E-state index is 13.2. The highest BCUT2D eigenvalue weighted by Crippen LogP contribution is 2.29. The van der Waals surface area contributed by atoms with Crippen LogP contribution in [0.25, 0.3) is 0 Å². The first-order chi connectivity index (χ1) is 13.3. The largest absolute Gasteiger partial charge is 0.326 e. The van der Waals surface area contributed by atoms with Crippen molar-refractivity contribution in [2.24, 2.45) is 5.92 Å². The van der Waals surface area contributed by atoms with Gasteiger partial charge in [-0.1, -0.05) is 35.3 Å². The summed E-state index contributed by atoms with van der Waals surface area (Å²) in [6, 6.07) is 10.5. The Bertz CT molecular complexity index is 957. The third-order valence-electron chi connectivity index (χ3n) is 4.70. The van der Waals surface area contributed by atoms with Gasteiger partial charge >= 0.3 is 0 Å². The summed E-state index contributed by atoms with van der Waals surface area (Å²) in [6.07, 6.45) is 0.771. The predicted octanol–water partition coefficient (Wildman–Crippen LogP) is 4.31. The van der Waals surface area contributed by atoms with E-state index in [4.69, 9.17) is 23.2 Å². The second kappa shape index (κ2) is 8.78. The van der Waals surface area contributed by atoms with E-state index in [0.29, 0.717) is 34.1 Å². The van der Waals surface area contributed by atoms with E-state index in [1.165, 1.54) is 22.5 Å². The molecule has 28 heavy (non-hydrogen) atoms. The Morgan fingerprint density at radius 1 is 1.11 bits per heavy atom. The van der Waals surface area contributed by atoms with Gasteiger partial charge in [0.1, 0.15) is 5.82 Å². The van der Waals surface area contributed by atoms with Gasteiger partial charge in [0.25, 0.3) is 0 Å². The molecule has 0 spiro atoms. The van der Waals surface area contributed by atoms with Crippen LogP contribution in [0.3, 0.4) is 0 Å². The average Bonchev–Trinajstić information content (AvgIpc) is 2.65. The molecule has 2 aromatic carbocycles. The van der Waals surface area contributed by atoms with Crippen LogP contribution < -0.4 is 5.32 Å². The first-order valence-corrected chi connectivity index (χ1v) is 11.1. The van der Waals surface area contributed by atoms with Gasteiger partial charge in [0.05, 0.1) is 5.75 Å². The number of nitrogens with one attached hydrogen (secondary N) is 1. The number of piperidine rings is 1. The summed E-state index contributed by atoms with van der Waals surface area (Å²) in [4.78, 5) is 12.4. The van der Waals surface area contributed by atoms with Gasteiger partial charge in [-0.2, -0.15) is 0 Å². The smallest absolute Gasteiger partial charge is 0.227 e. The molecule has 5 nitrogen and oxygen atoms in total. The van der Waals surface area contributed by atoms with E-state index in [1.807, 2.05) is 0 Å². The summed E-state index contributed by atoms with van der Waals surface area (Å²) in [7, 11) is -3.61. The van der Waals surface area contributed by atoms with Crippen LogP contribution in [0.5, 0.6) is 0 Å². The number of nitrogens with zero attached hydrogens (tertiary/aromatic N) is 1. The molecule has 9 heteroatoms. The Balaban J connectivity index is 1.60. The second-order valence-corrected chi connectivity index (χ2v) is 9.41. The summed E-state index contributed by atoms with van der Waals surface area (Å²) in [5, 5.41) is 3.29. The lowest BCUT2D eigenvalue weighted by molar-refractivity contribution is -0.120. The molecule has 150 valence electrons. The molecule has 1 amide bonds. The zero-order valence-electron chi connectivity index (χ0n) is 14.9. The van der Waals surface area contributed by atoms with Crippen molar-refractivity contribution < 1.29 is 17.6 Å². The zero-order chi connectivity index (χ0) is 20.3. The highest BCUT2D eigenvalue weighted by atomic mass is 35.5. The number of amides is 1. The normalized spacial score (nSPS) is 16.1. The quantitative estimate of drug-likeness (QED) is 0.746. The number of hydrogen-bond acceptors (Lipinski definition) is 3. The molecule has 1 aliphatic rings. The monoisotopic (exact) mass is 444 g/mol. The first-order valence-electron chi connectivity index (χ1n) is 8.73. The fourth-order valence-electron chi connectivity index (χ4n) is 3.15. The SMILES string of the molecule is O=C(Nc1cccc(F)c1)C1CCN(S(=O)(=O)Cc2c(Cl)cccc2Cl)CC1. The summed E-state index contributed by atoms with van der Waals surface area (Å²) < 4.78 is 40.1. The number of benzene rings is 2. The number of anilines is 1. The van der Waals surface area contributed by atoms with Crippen LogP contribution in [0.2, 0.25) is 10.0 Å². The van der Waals surface area contributed by atoms with E-state index < -0.39 is 15.8 Å². The van der Waals surface area contributed by atoms with E-state index in [0.717, 1.165) is 0 Å². The van der Waals surface area contributed by atoms with Crippen molar-refractivity contribution in [2.45, 2.75) is 18.6 Å². The van der Waals surface area contributed by atoms with Crippen LogP contribution in [-0.4, -0.2) is 31.7 Å². The molecule has 0 bridgehead atoms. The summed E-state index contributed by atoms with van der Waals surface area (Å²) in [5.41, 5.74) is 0.755. The molecule has 0 saturated carbocycles. The fraction of sp³-hybridized carbons (Fsp3) is 0.316. The molecule has 0 unspecified atom stereocenters. The fourth-order valence-corrected chi connectivity index (χ4v) is 5.47. The summed E-state index contributed by atoms with van der Waals surface area (Å²) in [5.74, 6) is -1.29. The standard InChI is InChI=1S/C19H19Cl2FN2O3S/c20-17-5-2-6-18(21)16(17)12-28(26,27)24-9-7-13(8-10-24)19(25)23-15-4-1-3-14(22)11-15/h1-6,11,13H,7-10,12H2,(H,23,25). The van der Waals surface area contributed by atoms with Crippen LogP contribution in [0, 0.1) is 11.7 Å². The Morgan fingerprint density at radius 3 is 2.32 bits per heavy atom. The van der Waals surface area contributed by atoms with Crippen LogP contribution in [0.1, 0.15) is 18.4 Å². The molecule has 2 aromatic rings. The Labute approximate surface area is 173 Å². The van der Waals surface area contributed by atoms with E-state index in [9.17, 15) is 17.6 Å². The number of carbonyl (C=O) groups excluding carboxylic acids is 1. The van der Waals surface area contributed by atoms with Gasteiger partial charge in [-0.05, 0) is 43.2 Å². The Morgan fingerprint density at radius 2 is 1.71 bits per heavy atom. The van der Waals surface area contributed by atoms with Crippen molar-refractivity contribution in [2.75, 3.05) is 18.4 Å². The van der Waals surface area contributed by atoms with Gasteiger partial charge in [0, 0.05) is 40.3 Å².